The van der Waals surface area contributed by atoms with Crippen molar-refractivity contribution in [3.05, 3.63) is 30.1 Å². The molecular weight excluding hydrogens is 363 g/mol. The van der Waals surface area contributed by atoms with Crippen LogP contribution in [0.5, 0.6) is 5.75 Å². The topological polar surface area (TPSA) is 87.7 Å². The second kappa shape index (κ2) is 7.03. The Hall–Kier alpha value is -2.15. The zero-order chi connectivity index (χ0) is 19.9. The summed E-state index contributed by atoms with van der Waals surface area (Å²) in [5.74, 6) is 0.286. The van der Waals surface area contributed by atoms with E-state index < -0.39 is 17.6 Å². The predicted octanol–water partition coefficient (Wildman–Crippen LogP) is 2.46. The van der Waals surface area contributed by atoms with Gasteiger partial charge in [-0.15, -0.1) is 0 Å². The van der Waals surface area contributed by atoms with Crippen molar-refractivity contribution in [3.63, 3.8) is 0 Å². The van der Waals surface area contributed by atoms with Crippen molar-refractivity contribution in [1.82, 2.24) is 10.9 Å². The maximum absolute atomic E-state index is 12.9. The first-order valence-electron chi connectivity index (χ1n) is 9.98. The molecule has 1 aromatic rings. The van der Waals surface area contributed by atoms with Gasteiger partial charge in [-0.3, -0.25) is 20.4 Å². The van der Waals surface area contributed by atoms with Crippen LogP contribution in [0, 0.1) is 23.1 Å². The summed E-state index contributed by atoms with van der Waals surface area (Å²) in [6.07, 6.45) is 5.01. The highest BCUT2D eigenvalue weighted by atomic mass is 19.1. The molecule has 28 heavy (non-hydrogen) atoms. The van der Waals surface area contributed by atoms with Crippen molar-refractivity contribution in [1.29, 1.82) is 0 Å². The Kier molecular flexibility index (Phi) is 4.81. The van der Waals surface area contributed by atoms with Crippen LogP contribution in [0.4, 0.5) is 4.39 Å². The molecule has 0 aliphatic heterocycles. The molecule has 0 spiro atoms. The number of hydrogen-bond acceptors (Lipinski definition) is 4. The van der Waals surface area contributed by atoms with Gasteiger partial charge in [0.25, 0.3) is 5.91 Å². The molecule has 0 aromatic heterocycles. The molecule has 5 rings (SSSR count). The fourth-order valence-corrected chi connectivity index (χ4v) is 6.00. The summed E-state index contributed by atoms with van der Waals surface area (Å²) >= 11 is 0. The number of hydrazine groups is 1. The Labute approximate surface area is 163 Å². The van der Waals surface area contributed by atoms with E-state index in [2.05, 4.69) is 10.9 Å². The minimum Gasteiger partial charge on any atom is -0.481 e. The van der Waals surface area contributed by atoms with Crippen molar-refractivity contribution >= 4 is 11.8 Å². The fourth-order valence-electron chi connectivity index (χ4n) is 6.00. The van der Waals surface area contributed by atoms with Crippen molar-refractivity contribution in [2.45, 2.75) is 63.6 Å². The van der Waals surface area contributed by atoms with E-state index in [0.29, 0.717) is 30.4 Å². The average molecular weight is 390 g/mol. The van der Waals surface area contributed by atoms with E-state index >= 15 is 0 Å². The lowest BCUT2D eigenvalue weighted by Crippen LogP contribution is -2.57. The standard InChI is InChI=1S/C21H27FN2O4/c1-13(28-17-4-2-16(22)3-5-17)19(26)24-23-18(25)11-20-7-14-6-15(8-20)10-21(27,9-14)12-20/h2-5,13-15,27H,6-12H2,1H3,(H,23,25)(H,24,26)/t13-,14-,15+,20?,21?/m1/s1. The van der Waals surface area contributed by atoms with Gasteiger partial charge in [-0.05, 0) is 87.0 Å². The average Bonchev–Trinajstić information content (AvgIpc) is 2.59. The maximum Gasteiger partial charge on any atom is 0.279 e. The van der Waals surface area contributed by atoms with Crippen LogP contribution in [0.25, 0.3) is 0 Å². The van der Waals surface area contributed by atoms with E-state index in [1.807, 2.05) is 0 Å². The van der Waals surface area contributed by atoms with Crippen molar-refractivity contribution < 1.29 is 23.8 Å². The van der Waals surface area contributed by atoms with Gasteiger partial charge in [0.2, 0.25) is 5.91 Å². The Morgan fingerprint density at radius 2 is 1.82 bits per heavy atom. The Balaban J connectivity index is 1.27. The van der Waals surface area contributed by atoms with E-state index in [-0.39, 0.29) is 17.1 Å². The number of hydrogen-bond donors (Lipinski definition) is 3. The lowest BCUT2D eigenvalue weighted by atomic mass is 9.47. The van der Waals surface area contributed by atoms with Gasteiger partial charge in [0.1, 0.15) is 11.6 Å². The molecule has 4 fully saturated rings. The molecule has 2 unspecified atom stereocenters. The predicted molar refractivity (Wildman–Crippen MR) is 99.5 cm³/mol. The number of carbonyl (C=O) groups is 2. The Morgan fingerprint density at radius 1 is 1.18 bits per heavy atom. The summed E-state index contributed by atoms with van der Waals surface area (Å²) in [5.41, 5.74) is 4.14. The molecule has 4 saturated carbocycles. The first-order valence-corrected chi connectivity index (χ1v) is 9.98. The number of ether oxygens (including phenoxy) is 1. The number of benzene rings is 1. The molecular formula is C21H27FN2O4. The van der Waals surface area contributed by atoms with Gasteiger partial charge in [0, 0.05) is 6.42 Å². The van der Waals surface area contributed by atoms with Gasteiger partial charge in [0.15, 0.2) is 6.10 Å². The first-order chi connectivity index (χ1) is 13.2. The third-order valence-corrected chi connectivity index (χ3v) is 6.51. The highest BCUT2D eigenvalue weighted by Crippen LogP contribution is 2.62. The summed E-state index contributed by atoms with van der Waals surface area (Å²) in [6, 6.07) is 5.38. The van der Waals surface area contributed by atoms with Crippen LogP contribution in [-0.2, 0) is 9.59 Å². The van der Waals surface area contributed by atoms with Crippen LogP contribution in [-0.4, -0.2) is 28.6 Å². The van der Waals surface area contributed by atoms with Gasteiger partial charge < -0.3 is 9.84 Å². The number of halogens is 1. The van der Waals surface area contributed by atoms with Gasteiger partial charge in [-0.1, -0.05) is 0 Å². The lowest BCUT2D eigenvalue weighted by Gasteiger charge is -2.60. The van der Waals surface area contributed by atoms with E-state index in [1.54, 1.807) is 6.92 Å². The molecule has 0 saturated heterocycles. The number of amides is 2. The molecule has 7 heteroatoms. The molecule has 4 aliphatic carbocycles. The van der Waals surface area contributed by atoms with Crippen LogP contribution >= 0.6 is 0 Å². The fraction of sp³-hybridized carbons (Fsp3) is 0.619. The van der Waals surface area contributed by atoms with Crippen LogP contribution in [0.3, 0.4) is 0 Å². The summed E-state index contributed by atoms with van der Waals surface area (Å²) in [4.78, 5) is 24.6. The molecule has 0 heterocycles. The molecule has 1 aromatic carbocycles. The molecule has 0 radical (unpaired) electrons. The monoisotopic (exact) mass is 390 g/mol. The van der Waals surface area contributed by atoms with Crippen molar-refractivity contribution in [2.75, 3.05) is 0 Å². The van der Waals surface area contributed by atoms with Gasteiger partial charge in [0.05, 0.1) is 5.60 Å². The summed E-state index contributed by atoms with van der Waals surface area (Å²) in [5, 5.41) is 10.8. The van der Waals surface area contributed by atoms with E-state index in [1.165, 1.54) is 30.7 Å². The largest absolute Gasteiger partial charge is 0.481 e. The molecule has 2 amide bonds. The van der Waals surface area contributed by atoms with E-state index in [9.17, 15) is 19.1 Å². The zero-order valence-electron chi connectivity index (χ0n) is 16.0. The molecule has 5 atom stereocenters. The second-order valence-corrected chi connectivity index (χ2v) is 9.11. The highest BCUT2D eigenvalue weighted by Gasteiger charge is 2.57. The SMILES string of the molecule is C[C@@H](Oc1ccc(F)cc1)C(=O)NNC(=O)CC12C[C@@H]3C[C@@H](CC(O)(C3)C1)C2. The summed E-state index contributed by atoms with van der Waals surface area (Å²) in [7, 11) is 0. The number of rotatable bonds is 5. The lowest BCUT2D eigenvalue weighted by molar-refractivity contribution is -0.169. The van der Waals surface area contributed by atoms with E-state index in [4.69, 9.17) is 4.74 Å². The minimum absolute atomic E-state index is 0.149. The van der Waals surface area contributed by atoms with Crippen LogP contribution in [0.15, 0.2) is 24.3 Å². The van der Waals surface area contributed by atoms with Gasteiger partial charge in [-0.25, -0.2) is 4.39 Å². The highest BCUT2D eigenvalue weighted by molar-refractivity contribution is 5.84. The van der Waals surface area contributed by atoms with Gasteiger partial charge >= 0.3 is 0 Å². The normalized spacial score (nSPS) is 34.0. The second-order valence-electron chi connectivity index (χ2n) is 9.11. The van der Waals surface area contributed by atoms with Crippen molar-refractivity contribution in [2.24, 2.45) is 17.3 Å². The zero-order valence-corrected chi connectivity index (χ0v) is 16.0. The Bertz CT molecular complexity index is 752. The third-order valence-electron chi connectivity index (χ3n) is 6.51. The maximum atomic E-state index is 12.9. The van der Waals surface area contributed by atoms with Gasteiger partial charge in [-0.2, -0.15) is 0 Å². The summed E-state index contributed by atoms with van der Waals surface area (Å²) in [6.45, 7) is 1.56. The molecule has 4 aliphatic rings. The molecule has 152 valence electrons. The molecule has 6 nitrogen and oxygen atoms in total. The number of nitrogens with one attached hydrogen (secondary N) is 2. The number of carbonyl (C=O) groups excluding carboxylic acids is 2. The molecule has 3 N–H and O–H groups in total. The quantitative estimate of drug-likeness (QED) is 0.674. The Morgan fingerprint density at radius 3 is 2.43 bits per heavy atom. The first kappa shape index (κ1) is 19.2. The van der Waals surface area contributed by atoms with Crippen molar-refractivity contribution in [3.8, 4) is 5.75 Å². The minimum atomic E-state index is -0.842. The summed E-state index contributed by atoms with van der Waals surface area (Å²) < 4.78 is 18.4. The smallest absolute Gasteiger partial charge is 0.279 e. The van der Waals surface area contributed by atoms with Crippen LogP contribution < -0.4 is 15.6 Å². The molecule has 4 bridgehead atoms. The van der Waals surface area contributed by atoms with Crippen LogP contribution in [0.1, 0.15) is 51.9 Å². The van der Waals surface area contributed by atoms with Crippen LogP contribution in [0.2, 0.25) is 0 Å². The van der Waals surface area contributed by atoms with E-state index in [0.717, 1.165) is 25.7 Å². The third kappa shape index (κ3) is 3.99. The number of aliphatic hydroxyl groups is 1.